The van der Waals surface area contributed by atoms with Gasteiger partial charge in [-0.15, -0.1) is 11.3 Å². The molecule has 0 bridgehead atoms. The number of nitrogens with zero attached hydrogens (tertiary/aromatic N) is 1. The largest absolute Gasteiger partial charge is 0.870 e. The van der Waals surface area contributed by atoms with Gasteiger partial charge in [-0.05, 0) is 17.0 Å². The van der Waals surface area contributed by atoms with Gasteiger partial charge < -0.3 is 5.48 Å². The molecular formula is C15H11NOS2. The molecule has 0 fully saturated rings. The van der Waals surface area contributed by atoms with E-state index in [1.165, 1.54) is 25.4 Å². The Morgan fingerprint density at radius 1 is 0.947 bits per heavy atom. The van der Waals surface area contributed by atoms with Crippen LogP contribution in [0.25, 0.3) is 25.4 Å². The summed E-state index contributed by atoms with van der Waals surface area (Å²) in [6.45, 7) is 0. The highest BCUT2D eigenvalue weighted by Gasteiger charge is 2.14. The van der Waals surface area contributed by atoms with Crippen molar-refractivity contribution < 1.29 is 9.88 Å². The molecule has 4 rings (SSSR count). The van der Waals surface area contributed by atoms with Crippen LogP contribution in [0.15, 0.2) is 60.2 Å². The SMILES string of the molecule is [OH-].c1ccc(-c2c[n+]3ccc4sccc4c3s2)cc1. The highest BCUT2D eigenvalue weighted by molar-refractivity contribution is 7.22. The topological polar surface area (TPSA) is 34.1 Å². The van der Waals surface area contributed by atoms with Gasteiger partial charge >= 0.3 is 0 Å². The predicted octanol–water partition coefficient (Wildman–Crippen LogP) is 4.19. The van der Waals surface area contributed by atoms with Gasteiger partial charge in [0.25, 0.3) is 4.83 Å². The second kappa shape index (κ2) is 4.74. The van der Waals surface area contributed by atoms with Crippen LogP contribution < -0.4 is 4.40 Å². The van der Waals surface area contributed by atoms with Crippen molar-refractivity contribution in [2.75, 3.05) is 0 Å². The van der Waals surface area contributed by atoms with E-state index in [2.05, 4.69) is 64.6 Å². The first-order valence-corrected chi connectivity index (χ1v) is 7.48. The average Bonchev–Trinajstić information content (AvgIpc) is 3.05. The van der Waals surface area contributed by atoms with Crippen molar-refractivity contribution in [2.24, 2.45) is 0 Å². The number of fused-ring (bicyclic) bond motifs is 3. The van der Waals surface area contributed by atoms with E-state index < -0.39 is 0 Å². The summed E-state index contributed by atoms with van der Waals surface area (Å²) < 4.78 is 3.58. The van der Waals surface area contributed by atoms with Crippen LogP contribution in [-0.2, 0) is 0 Å². The molecular weight excluding hydrogens is 274 g/mol. The van der Waals surface area contributed by atoms with Crippen LogP contribution in [0.2, 0.25) is 0 Å². The molecule has 0 saturated heterocycles. The molecule has 0 aliphatic heterocycles. The van der Waals surface area contributed by atoms with Crippen LogP contribution in [0.4, 0.5) is 0 Å². The van der Waals surface area contributed by atoms with Gasteiger partial charge in [-0.2, -0.15) is 4.40 Å². The Balaban J connectivity index is 0.00000110. The van der Waals surface area contributed by atoms with Crippen LogP contribution in [0.5, 0.6) is 0 Å². The standard InChI is InChI=1S/C15H10NS2.H2O/c1-2-4-11(5-3-1)14-10-16-8-6-13-12(7-9-17-13)15(16)18-14;/h1-10H;1H2/q+1;/p-1. The summed E-state index contributed by atoms with van der Waals surface area (Å²) in [6, 6.07) is 15.0. The summed E-state index contributed by atoms with van der Waals surface area (Å²) in [6.07, 6.45) is 4.36. The third kappa shape index (κ3) is 1.94. The third-order valence-electron chi connectivity index (χ3n) is 3.07. The van der Waals surface area contributed by atoms with E-state index in [-0.39, 0.29) is 5.48 Å². The normalized spacial score (nSPS) is 10.7. The Morgan fingerprint density at radius 2 is 1.79 bits per heavy atom. The maximum Gasteiger partial charge on any atom is 0.276 e. The fraction of sp³-hybridized carbons (Fsp3) is 0. The number of pyridine rings is 1. The number of rotatable bonds is 1. The molecule has 0 saturated carbocycles. The molecule has 94 valence electrons. The highest BCUT2D eigenvalue weighted by Crippen LogP contribution is 2.31. The molecule has 0 aliphatic rings. The minimum atomic E-state index is 0. The lowest BCUT2D eigenvalue weighted by atomic mass is 10.2. The van der Waals surface area contributed by atoms with Crippen LogP contribution in [0.3, 0.4) is 0 Å². The summed E-state index contributed by atoms with van der Waals surface area (Å²) in [5.74, 6) is 0. The lowest BCUT2D eigenvalue weighted by Crippen LogP contribution is -2.15. The number of thiazole rings is 1. The van der Waals surface area contributed by atoms with E-state index >= 15 is 0 Å². The van der Waals surface area contributed by atoms with Gasteiger partial charge in [0, 0.05) is 10.8 Å². The molecule has 1 aromatic carbocycles. The zero-order valence-electron chi connectivity index (χ0n) is 9.98. The molecule has 3 heterocycles. The molecule has 4 heteroatoms. The Labute approximate surface area is 118 Å². The monoisotopic (exact) mass is 285 g/mol. The van der Waals surface area contributed by atoms with Crippen LogP contribution in [-0.4, -0.2) is 5.48 Å². The van der Waals surface area contributed by atoms with Gasteiger partial charge in [-0.25, -0.2) is 0 Å². The molecule has 4 aromatic rings. The van der Waals surface area contributed by atoms with Gasteiger partial charge in [0.1, 0.15) is 4.88 Å². The van der Waals surface area contributed by atoms with Crippen molar-refractivity contribution >= 4 is 37.6 Å². The Hall–Kier alpha value is -1.75. The Kier molecular flexibility index (Phi) is 3.06. The van der Waals surface area contributed by atoms with Crippen LogP contribution in [0.1, 0.15) is 0 Å². The molecule has 19 heavy (non-hydrogen) atoms. The second-order valence-electron chi connectivity index (χ2n) is 4.19. The molecule has 0 spiro atoms. The molecule has 0 radical (unpaired) electrons. The average molecular weight is 285 g/mol. The van der Waals surface area contributed by atoms with E-state index in [1.807, 2.05) is 11.3 Å². The van der Waals surface area contributed by atoms with Crippen molar-refractivity contribution in [3.8, 4) is 10.4 Å². The predicted molar refractivity (Wildman–Crippen MR) is 80.2 cm³/mol. The molecule has 0 unspecified atom stereocenters. The molecule has 2 nitrogen and oxygen atoms in total. The minimum absolute atomic E-state index is 0. The second-order valence-corrected chi connectivity index (χ2v) is 6.17. The van der Waals surface area contributed by atoms with Crippen molar-refractivity contribution in [3.05, 3.63) is 60.2 Å². The molecule has 0 atom stereocenters. The van der Waals surface area contributed by atoms with Crippen molar-refractivity contribution in [1.82, 2.24) is 0 Å². The van der Waals surface area contributed by atoms with E-state index in [0.717, 1.165) is 0 Å². The summed E-state index contributed by atoms with van der Waals surface area (Å²) in [5, 5.41) is 3.52. The summed E-state index contributed by atoms with van der Waals surface area (Å²) in [7, 11) is 0. The molecule has 0 amide bonds. The van der Waals surface area contributed by atoms with Crippen LogP contribution >= 0.6 is 22.7 Å². The van der Waals surface area contributed by atoms with Gasteiger partial charge in [0.2, 0.25) is 0 Å². The van der Waals surface area contributed by atoms with Gasteiger partial charge in [-0.3, -0.25) is 0 Å². The Bertz CT molecular complexity index is 833. The zero-order valence-corrected chi connectivity index (χ0v) is 11.6. The minimum Gasteiger partial charge on any atom is -0.870 e. The first-order chi connectivity index (χ1) is 8.92. The van der Waals surface area contributed by atoms with Crippen molar-refractivity contribution in [2.45, 2.75) is 0 Å². The molecule has 0 aliphatic carbocycles. The van der Waals surface area contributed by atoms with Gasteiger partial charge in [0.15, 0.2) is 12.4 Å². The molecule has 1 N–H and O–H groups in total. The number of thiophene rings is 1. The van der Waals surface area contributed by atoms with Crippen molar-refractivity contribution in [1.29, 1.82) is 0 Å². The smallest absolute Gasteiger partial charge is 0.276 e. The highest BCUT2D eigenvalue weighted by atomic mass is 32.1. The number of hydrogen-bond donors (Lipinski definition) is 0. The number of aromatic nitrogens is 1. The van der Waals surface area contributed by atoms with Crippen LogP contribution in [0, 0.1) is 0 Å². The zero-order chi connectivity index (χ0) is 11.9. The fourth-order valence-corrected chi connectivity index (χ4v) is 4.17. The Morgan fingerprint density at radius 3 is 2.63 bits per heavy atom. The summed E-state index contributed by atoms with van der Waals surface area (Å²) >= 11 is 3.65. The maximum absolute atomic E-state index is 2.22. The van der Waals surface area contributed by atoms with E-state index in [4.69, 9.17) is 0 Å². The lowest BCUT2D eigenvalue weighted by Gasteiger charge is -1.90. The summed E-state index contributed by atoms with van der Waals surface area (Å²) in [4.78, 5) is 2.64. The maximum atomic E-state index is 2.22. The van der Waals surface area contributed by atoms with E-state index in [9.17, 15) is 0 Å². The lowest BCUT2D eigenvalue weighted by molar-refractivity contribution is -0.505. The first-order valence-electron chi connectivity index (χ1n) is 5.78. The van der Waals surface area contributed by atoms with Crippen molar-refractivity contribution in [3.63, 3.8) is 0 Å². The third-order valence-corrected chi connectivity index (χ3v) is 5.14. The van der Waals surface area contributed by atoms with E-state index in [1.54, 1.807) is 11.3 Å². The quantitative estimate of drug-likeness (QED) is 0.483. The first kappa shape index (κ1) is 12.3. The number of benzene rings is 1. The van der Waals surface area contributed by atoms with Gasteiger partial charge in [-0.1, -0.05) is 41.7 Å². The number of hydrogen-bond acceptors (Lipinski definition) is 3. The molecule has 3 aromatic heterocycles. The van der Waals surface area contributed by atoms with Gasteiger partial charge in [0.05, 0.1) is 5.39 Å². The summed E-state index contributed by atoms with van der Waals surface area (Å²) in [5.41, 5.74) is 1.29. The van der Waals surface area contributed by atoms with E-state index in [0.29, 0.717) is 0 Å². The fourth-order valence-electron chi connectivity index (χ4n) is 2.18.